The Kier molecular flexibility index (Phi) is 6.65. The van der Waals surface area contributed by atoms with Crippen LogP contribution in [0.3, 0.4) is 0 Å². The molecule has 0 spiro atoms. The van der Waals surface area contributed by atoms with Crippen molar-refractivity contribution in [3.8, 4) is 17.2 Å². The fourth-order valence-corrected chi connectivity index (χ4v) is 2.29. The molecule has 0 radical (unpaired) electrons. The topological polar surface area (TPSA) is 69.2 Å². The molecular formula is C18H19ClN2O4. The van der Waals surface area contributed by atoms with E-state index in [0.717, 1.165) is 0 Å². The molecule has 2 aromatic rings. The van der Waals surface area contributed by atoms with Crippen LogP contribution in [0.1, 0.15) is 22.8 Å². The van der Waals surface area contributed by atoms with Gasteiger partial charge in [-0.15, -0.1) is 0 Å². The Hall–Kier alpha value is -2.73. The Morgan fingerprint density at radius 1 is 1.12 bits per heavy atom. The van der Waals surface area contributed by atoms with Crippen LogP contribution in [0.4, 0.5) is 0 Å². The van der Waals surface area contributed by atoms with Gasteiger partial charge in [0.1, 0.15) is 5.75 Å². The molecule has 0 saturated heterocycles. The highest BCUT2D eigenvalue weighted by molar-refractivity contribution is 6.30. The molecule has 1 N–H and O–H groups in total. The van der Waals surface area contributed by atoms with Gasteiger partial charge in [0.05, 0.1) is 27.0 Å². The van der Waals surface area contributed by atoms with Crippen LogP contribution in [-0.4, -0.2) is 32.9 Å². The minimum atomic E-state index is -0.378. The van der Waals surface area contributed by atoms with Crippen LogP contribution in [0, 0.1) is 0 Å². The molecule has 2 aromatic carbocycles. The van der Waals surface area contributed by atoms with Gasteiger partial charge in [0.2, 0.25) is 0 Å². The molecule has 0 aromatic heterocycles. The highest BCUT2D eigenvalue weighted by atomic mass is 35.5. The molecule has 0 atom stereocenters. The predicted octanol–water partition coefficient (Wildman–Crippen LogP) is 3.52. The average molecular weight is 363 g/mol. The van der Waals surface area contributed by atoms with E-state index in [1.165, 1.54) is 20.4 Å². The van der Waals surface area contributed by atoms with E-state index in [4.69, 9.17) is 25.8 Å². The second-order valence-corrected chi connectivity index (χ2v) is 5.32. The van der Waals surface area contributed by atoms with Gasteiger partial charge in [0.15, 0.2) is 11.5 Å². The molecule has 0 aliphatic carbocycles. The predicted molar refractivity (Wildman–Crippen MR) is 97.2 cm³/mol. The number of nitrogens with one attached hydrogen (secondary N) is 1. The molecular weight excluding hydrogens is 344 g/mol. The van der Waals surface area contributed by atoms with Crippen molar-refractivity contribution < 1.29 is 19.0 Å². The molecule has 0 fully saturated rings. The number of benzene rings is 2. The number of methoxy groups -OCH3 is 2. The zero-order valence-corrected chi connectivity index (χ0v) is 15.0. The maximum atomic E-state index is 12.2. The Balaban J connectivity index is 2.12. The zero-order chi connectivity index (χ0) is 18.2. The van der Waals surface area contributed by atoms with Crippen molar-refractivity contribution in [2.45, 2.75) is 6.92 Å². The Bertz CT molecular complexity index is 778. The molecule has 0 saturated carbocycles. The van der Waals surface area contributed by atoms with E-state index in [-0.39, 0.29) is 5.91 Å². The van der Waals surface area contributed by atoms with Crippen LogP contribution in [0.15, 0.2) is 41.5 Å². The van der Waals surface area contributed by atoms with E-state index in [1.807, 2.05) is 6.92 Å². The van der Waals surface area contributed by atoms with E-state index in [0.29, 0.717) is 40.0 Å². The van der Waals surface area contributed by atoms with Gasteiger partial charge in [-0.05, 0) is 43.3 Å². The molecule has 0 aliphatic heterocycles. The summed E-state index contributed by atoms with van der Waals surface area (Å²) in [6.45, 7) is 2.40. The van der Waals surface area contributed by atoms with Gasteiger partial charge in [-0.2, -0.15) is 5.10 Å². The molecule has 6 nitrogen and oxygen atoms in total. The van der Waals surface area contributed by atoms with Gasteiger partial charge < -0.3 is 14.2 Å². The first-order valence-corrected chi connectivity index (χ1v) is 7.94. The lowest BCUT2D eigenvalue weighted by Gasteiger charge is -2.09. The minimum absolute atomic E-state index is 0.378. The Morgan fingerprint density at radius 2 is 1.84 bits per heavy atom. The number of amides is 1. The molecule has 0 aliphatic rings. The third-order valence-corrected chi connectivity index (χ3v) is 3.52. The monoisotopic (exact) mass is 362 g/mol. The number of carbonyl (C=O) groups is 1. The van der Waals surface area contributed by atoms with Crippen LogP contribution in [0.5, 0.6) is 17.2 Å². The van der Waals surface area contributed by atoms with E-state index < -0.39 is 0 Å². The first-order valence-electron chi connectivity index (χ1n) is 7.56. The maximum absolute atomic E-state index is 12.2. The number of halogens is 1. The van der Waals surface area contributed by atoms with Crippen molar-refractivity contribution in [3.63, 3.8) is 0 Å². The SMILES string of the molecule is CCOc1ccc(Cl)cc1/C=N/NC(=O)c1ccc(OC)c(OC)c1. The summed E-state index contributed by atoms with van der Waals surface area (Å²) in [6, 6.07) is 10.0. The largest absolute Gasteiger partial charge is 0.493 e. The van der Waals surface area contributed by atoms with Crippen LogP contribution in [0.25, 0.3) is 0 Å². The maximum Gasteiger partial charge on any atom is 0.271 e. The number of hydrogen-bond donors (Lipinski definition) is 1. The van der Waals surface area contributed by atoms with Crippen LogP contribution in [-0.2, 0) is 0 Å². The lowest BCUT2D eigenvalue weighted by Crippen LogP contribution is -2.17. The highest BCUT2D eigenvalue weighted by Crippen LogP contribution is 2.27. The van der Waals surface area contributed by atoms with Crippen molar-refractivity contribution in [1.82, 2.24) is 5.43 Å². The van der Waals surface area contributed by atoms with Gasteiger partial charge in [-0.25, -0.2) is 5.43 Å². The van der Waals surface area contributed by atoms with Crippen molar-refractivity contribution in [3.05, 3.63) is 52.5 Å². The van der Waals surface area contributed by atoms with E-state index in [2.05, 4.69) is 10.5 Å². The van der Waals surface area contributed by atoms with Crippen molar-refractivity contribution >= 4 is 23.7 Å². The number of hydrogen-bond acceptors (Lipinski definition) is 5. The molecule has 0 unspecified atom stereocenters. The smallest absolute Gasteiger partial charge is 0.271 e. The number of hydrazone groups is 1. The van der Waals surface area contributed by atoms with Crippen molar-refractivity contribution in [2.75, 3.05) is 20.8 Å². The summed E-state index contributed by atoms with van der Waals surface area (Å²) < 4.78 is 15.8. The van der Waals surface area contributed by atoms with E-state index in [1.54, 1.807) is 36.4 Å². The number of nitrogens with zero attached hydrogens (tertiary/aromatic N) is 1. The quantitative estimate of drug-likeness (QED) is 0.604. The molecule has 132 valence electrons. The van der Waals surface area contributed by atoms with E-state index in [9.17, 15) is 4.79 Å². The number of carbonyl (C=O) groups excluding carboxylic acids is 1. The standard InChI is InChI=1S/C18H19ClN2O4/c1-4-25-15-8-6-14(19)9-13(15)11-20-21-18(22)12-5-7-16(23-2)17(10-12)24-3/h5-11H,4H2,1-3H3,(H,21,22)/b20-11+. The normalized spacial score (nSPS) is 10.6. The first-order chi connectivity index (χ1) is 12.1. The van der Waals surface area contributed by atoms with E-state index >= 15 is 0 Å². The Labute approximate surface area is 151 Å². The van der Waals surface area contributed by atoms with Gasteiger partial charge in [-0.3, -0.25) is 4.79 Å². The number of ether oxygens (including phenoxy) is 3. The summed E-state index contributed by atoms with van der Waals surface area (Å²) in [5, 5.41) is 4.52. The summed E-state index contributed by atoms with van der Waals surface area (Å²) >= 11 is 5.99. The average Bonchev–Trinajstić information content (AvgIpc) is 2.63. The number of rotatable bonds is 7. The summed E-state index contributed by atoms with van der Waals surface area (Å²) in [4.78, 5) is 12.2. The third kappa shape index (κ3) is 4.87. The van der Waals surface area contributed by atoms with Gasteiger partial charge in [0.25, 0.3) is 5.91 Å². The summed E-state index contributed by atoms with van der Waals surface area (Å²) in [5.41, 5.74) is 3.52. The van der Waals surface area contributed by atoms with Gasteiger partial charge >= 0.3 is 0 Å². The molecule has 7 heteroatoms. The summed E-state index contributed by atoms with van der Waals surface area (Å²) in [5.74, 6) is 1.27. The molecule has 0 heterocycles. The second kappa shape index (κ2) is 8.94. The van der Waals surface area contributed by atoms with Crippen LogP contribution in [0.2, 0.25) is 5.02 Å². The van der Waals surface area contributed by atoms with Crippen molar-refractivity contribution in [1.29, 1.82) is 0 Å². The first kappa shape index (κ1) is 18.6. The fourth-order valence-electron chi connectivity index (χ4n) is 2.11. The highest BCUT2D eigenvalue weighted by Gasteiger charge is 2.10. The lowest BCUT2D eigenvalue weighted by atomic mass is 10.2. The second-order valence-electron chi connectivity index (χ2n) is 4.88. The fraction of sp³-hybridized carbons (Fsp3) is 0.222. The Morgan fingerprint density at radius 3 is 2.52 bits per heavy atom. The zero-order valence-electron chi connectivity index (χ0n) is 14.2. The summed E-state index contributed by atoms with van der Waals surface area (Å²) in [6.07, 6.45) is 1.48. The third-order valence-electron chi connectivity index (χ3n) is 3.29. The minimum Gasteiger partial charge on any atom is -0.493 e. The molecule has 2 rings (SSSR count). The van der Waals surface area contributed by atoms with Gasteiger partial charge in [0, 0.05) is 16.1 Å². The van der Waals surface area contributed by atoms with Crippen molar-refractivity contribution in [2.24, 2.45) is 5.10 Å². The summed E-state index contributed by atoms with van der Waals surface area (Å²) in [7, 11) is 3.04. The molecule has 1 amide bonds. The van der Waals surface area contributed by atoms with Gasteiger partial charge in [-0.1, -0.05) is 11.6 Å². The van der Waals surface area contributed by atoms with Crippen LogP contribution < -0.4 is 19.6 Å². The lowest BCUT2D eigenvalue weighted by molar-refractivity contribution is 0.0954. The molecule has 0 bridgehead atoms. The molecule has 25 heavy (non-hydrogen) atoms. The van der Waals surface area contributed by atoms with Crippen LogP contribution >= 0.6 is 11.6 Å².